The molecule has 24 heavy (non-hydrogen) atoms. The van der Waals surface area contributed by atoms with E-state index in [2.05, 4.69) is 10.6 Å². The molecule has 3 N–H and O–H groups in total. The van der Waals surface area contributed by atoms with Crippen molar-refractivity contribution in [1.82, 2.24) is 0 Å². The fraction of sp³-hybridized carbons (Fsp3) is 0.312. The molecule has 1 aromatic rings. The monoisotopic (exact) mass is 338 g/mol. The van der Waals surface area contributed by atoms with Crippen LogP contribution in [0.4, 0.5) is 15.8 Å². The third kappa shape index (κ3) is 5.71. The summed E-state index contributed by atoms with van der Waals surface area (Å²) in [5.41, 5.74) is -0.449. The molecule has 8 heteroatoms. The number of esters is 1. The molecule has 0 spiro atoms. The van der Waals surface area contributed by atoms with Gasteiger partial charge in [-0.1, -0.05) is 6.92 Å². The van der Waals surface area contributed by atoms with Gasteiger partial charge in [0, 0.05) is 18.8 Å². The highest BCUT2D eigenvalue weighted by atomic mass is 19.1. The largest absolute Gasteiger partial charge is 0.477 e. The van der Waals surface area contributed by atoms with Crippen LogP contribution in [-0.2, 0) is 19.1 Å². The van der Waals surface area contributed by atoms with Crippen LogP contribution in [0.2, 0.25) is 0 Å². The number of halogens is 1. The molecule has 0 radical (unpaired) electrons. The summed E-state index contributed by atoms with van der Waals surface area (Å²) in [5, 5.41) is 14.0. The van der Waals surface area contributed by atoms with Crippen molar-refractivity contribution in [1.29, 1.82) is 0 Å². The van der Waals surface area contributed by atoms with E-state index in [1.165, 1.54) is 19.1 Å². The highest BCUT2D eigenvalue weighted by Crippen LogP contribution is 2.20. The molecule has 0 heterocycles. The van der Waals surface area contributed by atoms with Crippen LogP contribution in [0, 0.1) is 5.82 Å². The Morgan fingerprint density at radius 3 is 2.58 bits per heavy atom. The number of rotatable bonds is 7. The summed E-state index contributed by atoms with van der Waals surface area (Å²) in [7, 11) is 0. The van der Waals surface area contributed by atoms with Gasteiger partial charge in [-0.15, -0.1) is 0 Å². The van der Waals surface area contributed by atoms with Crippen molar-refractivity contribution >= 4 is 29.2 Å². The topological polar surface area (TPSA) is 105 Å². The number of carboxylic acids is 1. The Morgan fingerprint density at radius 1 is 1.38 bits per heavy atom. The van der Waals surface area contributed by atoms with E-state index >= 15 is 0 Å². The normalized spacial score (nSPS) is 12.2. The van der Waals surface area contributed by atoms with E-state index < -0.39 is 29.4 Å². The SMILES string of the molecule is CCC(C)OC(=O)C(=CNc1cc(NC(C)=O)ccc1F)C(=O)O. The Morgan fingerprint density at radius 2 is 2.04 bits per heavy atom. The van der Waals surface area contributed by atoms with Crippen LogP contribution < -0.4 is 10.6 Å². The molecule has 1 atom stereocenters. The van der Waals surface area contributed by atoms with Crippen LogP contribution in [0.3, 0.4) is 0 Å². The van der Waals surface area contributed by atoms with Gasteiger partial charge in [-0.25, -0.2) is 14.0 Å². The second-order valence-electron chi connectivity index (χ2n) is 5.01. The van der Waals surface area contributed by atoms with Crippen molar-refractivity contribution in [2.75, 3.05) is 10.6 Å². The summed E-state index contributed by atoms with van der Waals surface area (Å²) >= 11 is 0. The zero-order chi connectivity index (χ0) is 18.3. The maximum absolute atomic E-state index is 13.8. The molecule has 0 aliphatic heterocycles. The third-order valence-electron chi connectivity index (χ3n) is 2.99. The Labute approximate surface area is 138 Å². The predicted molar refractivity (Wildman–Crippen MR) is 85.9 cm³/mol. The highest BCUT2D eigenvalue weighted by Gasteiger charge is 2.21. The summed E-state index contributed by atoms with van der Waals surface area (Å²) in [4.78, 5) is 34.0. The number of hydrogen-bond acceptors (Lipinski definition) is 5. The molecule has 0 fully saturated rings. The number of carbonyl (C=O) groups excluding carboxylic acids is 2. The van der Waals surface area contributed by atoms with Gasteiger partial charge in [0.1, 0.15) is 5.82 Å². The summed E-state index contributed by atoms with van der Waals surface area (Å²) in [5.74, 6) is -3.55. The average Bonchev–Trinajstić information content (AvgIpc) is 2.49. The molecule has 1 amide bonds. The Kier molecular flexibility index (Phi) is 6.91. The zero-order valence-electron chi connectivity index (χ0n) is 13.6. The highest BCUT2D eigenvalue weighted by molar-refractivity contribution is 6.13. The quantitative estimate of drug-likeness (QED) is 0.305. The molecule has 0 saturated carbocycles. The third-order valence-corrected chi connectivity index (χ3v) is 2.99. The first-order valence-electron chi connectivity index (χ1n) is 7.22. The average molecular weight is 338 g/mol. The van der Waals surface area contributed by atoms with Crippen LogP contribution in [0.15, 0.2) is 30.0 Å². The van der Waals surface area contributed by atoms with Crippen LogP contribution in [0.25, 0.3) is 0 Å². The van der Waals surface area contributed by atoms with E-state index in [0.717, 1.165) is 12.3 Å². The maximum Gasteiger partial charge on any atom is 0.347 e. The molecule has 0 aliphatic rings. The van der Waals surface area contributed by atoms with Crippen molar-refractivity contribution in [3.63, 3.8) is 0 Å². The molecule has 0 saturated heterocycles. The standard InChI is InChI=1S/C16H19FN2O5/c1-4-9(2)24-16(23)12(15(21)22)8-18-14-7-11(19-10(3)20)5-6-13(14)17/h5-9,18H,4H2,1-3H3,(H,19,20)(H,21,22). The lowest BCUT2D eigenvalue weighted by Crippen LogP contribution is -2.21. The number of ether oxygens (including phenoxy) is 1. The van der Waals surface area contributed by atoms with Gasteiger partial charge in [0.15, 0.2) is 5.57 Å². The van der Waals surface area contributed by atoms with Gasteiger partial charge in [-0.05, 0) is 31.5 Å². The second-order valence-corrected chi connectivity index (χ2v) is 5.01. The van der Waals surface area contributed by atoms with E-state index in [1.807, 2.05) is 0 Å². The fourth-order valence-corrected chi connectivity index (χ4v) is 1.60. The van der Waals surface area contributed by atoms with Gasteiger partial charge in [0.05, 0.1) is 11.8 Å². The fourth-order valence-electron chi connectivity index (χ4n) is 1.60. The smallest absolute Gasteiger partial charge is 0.347 e. The Bertz CT molecular complexity index is 672. The molecule has 0 bridgehead atoms. The Hall–Kier alpha value is -2.90. The molecular weight excluding hydrogens is 319 g/mol. The minimum absolute atomic E-state index is 0.101. The van der Waals surface area contributed by atoms with Crippen molar-refractivity contribution in [2.45, 2.75) is 33.3 Å². The number of carboxylic acid groups (broad SMARTS) is 1. The van der Waals surface area contributed by atoms with Gasteiger partial charge in [-0.3, -0.25) is 4.79 Å². The number of amides is 1. The molecule has 7 nitrogen and oxygen atoms in total. The van der Waals surface area contributed by atoms with E-state index in [1.54, 1.807) is 13.8 Å². The summed E-state index contributed by atoms with van der Waals surface area (Å²) in [6.07, 6.45) is 0.933. The van der Waals surface area contributed by atoms with Crippen LogP contribution in [-0.4, -0.2) is 29.1 Å². The lowest BCUT2D eigenvalue weighted by atomic mass is 10.2. The van der Waals surface area contributed by atoms with Crippen molar-refractivity contribution in [3.8, 4) is 0 Å². The first kappa shape index (κ1) is 19.1. The Balaban J connectivity index is 2.99. The number of nitrogens with one attached hydrogen (secondary N) is 2. The second kappa shape index (κ2) is 8.66. The van der Waals surface area contributed by atoms with E-state index in [-0.39, 0.29) is 11.6 Å². The van der Waals surface area contributed by atoms with E-state index in [0.29, 0.717) is 12.1 Å². The molecule has 0 aromatic heterocycles. The van der Waals surface area contributed by atoms with Crippen molar-refractivity contribution in [3.05, 3.63) is 35.8 Å². The number of anilines is 2. The lowest BCUT2D eigenvalue weighted by Gasteiger charge is -2.12. The number of aliphatic carboxylic acids is 1. The number of carbonyl (C=O) groups is 3. The number of hydrogen-bond donors (Lipinski definition) is 3. The summed E-state index contributed by atoms with van der Waals surface area (Å²) in [6.45, 7) is 4.70. The molecule has 0 aliphatic carbocycles. The van der Waals surface area contributed by atoms with Gasteiger partial charge in [0.2, 0.25) is 5.91 Å². The minimum Gasteiger partial charge on any atom is -0.477 e. The molecule has 1 unspecified atom stereocenters. The molecule has 1 rings (SSSR count). The summed E-state index contributed by atoms with van der Waals surface area (Å²) in [6, 6.07) is 3.72. The molecular formula is C16H19FN2O5. The maximum atomic E-state index is 13.8. The lowest BCUT2D eigenvalue weighted by molar-refractivity contribution is -0.147. The first-order chi connectivity index (χ1) is 11.2. The van der Waals surface area contributed by atoms with Crippen molar-refractivity contribution < 1.29 is 28.6 Å². The van der Waals surface area contributed by atoms with Crippen LogP contribution >= 0.6 is 0 Å². The van der Waals surface area contributed by atoms with Crippen molar-refractivity contribution in [2.24, 2.45) is 0 Å². The van der Waals surface area contributed by atoms with E-state index in [4.69, 9.17) is 9.84 Å². The van der Waals surface area contributed by atoms with Gasteiger partial charge in [0.25, 0.3) is 0 Å². The van der Waals surface area contributed by atoms with Crippen LogP contribution in [0.1, 0.15) is 27.2 Å². The molecule has 1 aromatic carbocycles. The van der Waals surface area contributed by atoms with Crippen LogP contribution in [0.5, 0.6) is 0 Å². The van der Waals surface area contributed by atoms with E-state index in [9.17, 15) is 18.8 Å². The summed E-state index contributed by atoms with van der Waals surface area (Å²) < 4.78 is 18.7. The van der Waals surface area contributed by atoms with Gasteiger partial charge in [-0.2, -0.15) is 0 Å². The van der Waals surface area contributed by atoms with Gasteiger partial charge >= 0.3 is 11.9 Å². The molecule has 130 valence electrons. The first-order valence-corrected chi connectivity index (χ1v) is 7.22. The number of benzene rings is 1. The predicted octanol–water partition coefficient (Wildman–Crippen LogP) is 2.51. The minimum atomic E-state index is -1.51. The zero-order valence-corrected chi connectivity index (χ0v) is 13.6. The van der Waals surface area contributed by atoms with Gasteiger partial charge < -0.3 is 20.5 Å².